The van der Waals surface area contributed by atoms with Crippen LogP contribution in [-0.4, -0.2) is 41.7 Å². The first-order chi connectivity index (χ1) is 19.2. The van der Waals surface area contributed by atoms with Crippen molar-refractivity contribution >= 4 is 44.8 Å². The lowest BCUT2D eigenvalue weighted by Gasteiger charge is -2.29. The molecule has 0 unspecified atom stereocenters. The van der Waals surface area contributed by atoms with E-state index in [1.54, 1.807) is 42.5 Å². The summed E-state index contributed by atoms with van der Waals surface area (Å²) in [5.74, 6) is -1.41. The first-order valence-electron chi connectivity index (χ1n) is 12.6. The van der Waals surface area contributed by atoms with Crippen molar-refractivity contribution in [2.75, 3.05) is 23.7 Å². The number of amides is 2. The van der Waals surface area contributed by atoms with Crippen molar-refractivity contribution < 1.29 is 33.9 Å². The number of nitrogens with zero attached hydrogens (tertiary/aromatic N) is 3. The van der Waals surface area contributed by atoms with Gasteiger partial charge in [-0.2, -0.15) is 0 Å². The van der Waals surface area contributed by atoms with Crippen LogP contribution < -0.4 is 19.4 Å². The fourth-order valence-electron chi connectivity index (χ4n) is 4.92. The lowest BCUT2D eigenvalue weighted by Crippen LogP contribution is -2.37. The number of hydrogen-bond acceptors (Lipinski definition) is 9. The van der Waals surface area contributed by atoms with Gasteiger partial charge in [0.1, 0.15) is 11.7 Å². The maximum Gasteiger partial charge on any atom is 0.271 e. The summed E-state index contributed by atoms with van der Waals surface area (Å²) in [5.41, 5.74) is 0.976. The number of hydrogen-bond donors (Lipinski definition) is 1. The molecule has 0 radical (unpaired) electrons. The Bertz CT molecular complexity index is 1460. The second kappa shape index (κ2) is 11.1. The summed E-state index contributed by atoms with van der Waals surface area (Å²) in [5, 5.41) is 23.2. The monoisotopic (exact) mass is 611 g/mol. The van der Waals surface area contributed by atoms with E-state index in [1.807, 2.05) is 0 Å². The number of unbranched alkanes of at least 4 members (excludes halogenated alkanes) is 1. The van der Waals surface area contributed by atoms with Crippen LogP contribution in [0.4, 0.5) is 17.1 Å². The highest BCUT2D eigenvalue weighted by atomic mass is 79.9. The third kappa shape index (κ3) is 4.84. The van der Waals surface area contributed by atoms with Crippen molar-refractivity contribution in [1.29, 1.82) is 0 Å². The minimum absolute atomic E-state index is 0.138. The van der Waals surface area contributed by atoms with Crippen LogP contribution in [-0.2, 0) is 14.4 Å². The normalized spacial score (nSPS) is 20.1. The number of halogens is 1. The van der Waals surface area contributed by atoms with Crippen LogP contribution in [0.5, 0.6) is 17.2 Å². The van der Waals surface area contributed by atoms with Gasteiger partial charge in [-0.15, -0.1) is 0 Å². The second-order valence-corrected chi connectivity index (χ2v) is 10.2. The summed E-state index contributed by atoms with van der Waals surface area (Å²) >= 11 is 3.32. The number of anilines is 2. The molecule has 40 heavy (non-hydrogen) atoms. The second-order valence-electron chi connectivity index (χ2n) is 9.36. The maximum absolute atomic E-state index is 13.9. The fraction of sp³-hybridized carbons (Fsp3) is 0.286. The number of aromatic hydroxyl groups is 1. The molecule has 5 rings (SSSR count). The van der Waals surface area contributed by atoms with Gasteiger partial charge in [0.15, 0.2) is 17.6 Å². The van der Waals surface area contributed by atoms with E-state index in [4.69, 9.17) is 14.3 Å². The summed E-state index contributed by atoms with van der Waals surface area (Å²) in [4.78, 5) is 45.6. The van der Waals surface area contributed by atoms with E-state index in [9.17, 15) is 24.8 Å². The number of nitro benzene ring substituents is 1. The molecule has 2 aliphatic rings. The van der Waals surface area contributed by atoms with Crippen LogP contribution in [0.3, 0.4) is 0 Å². The number of hydroxylamine groups is 1. The lowest BCUT2D eigenvalue weighted by atomic mass is 9.90. The summed E-state index contributed by atoms with van der Waals surface area (Å²) < 4.78 is 11.3. The number of nitro groups is 1. The van der Waals surface area contributed by atoms with Gasteiger partial charge in [-0.05, 0) is 70.4 Å². The van der Waals surface area contributed by atoms with Crippen molar-refractivity contribution in [2.24, 2.45) is 5.92 Å². The molecular formula is C28H26BrN3O8. The van der Waals surface area contributed by atoms with E-state index in [1.165, 1.54) is 30.4 Å². The number of imide groups is 1. The number of phenolic OH excluding ortho intramolecular Hbond substituents is 1. The Hall–Kier alpha value is -4.16. The maximum atomic E-state index is 13.9. The molecule has 2 saturated heterocycles. The molecule has 3 aromatic rings. The average molecular weight is 612 g/mol. The molecule has 11 nitrogen and oxygen atoms in total. The number of fused-ring (bicyclic) bond motifs is 1. The molecule has 0 bridgehead atoms. The Kier molecular flexibility index (Phi) is 7.63. The highest BCUT2D eigenvalue weighted by molar-refractivity contribution is 9.10. The molecule has 12 heteroatoms. The Labute approximate surface area is 238 Å². The zero-order chi connectivity index (χ0) is 28.6. The number of phenols is 1. The van der Waals surface area contributed by atoms with E-state index in [2.05, 4.69) is 22.9 Å². The smallest absolute Gasteiger partial charge is 0.271 e. The minimum atomic E-state index is -1.18. The van der Waals surface area contributed by atoms with Crippen molar-refractivity contribution in [1.82, 2.24) is 0 Å². The number of ether oxygens (including phenoxy) is 2. The Morgan fingerprint density at radius 3 is 2.50 bits per heavy atom. The van der Waals surface area contributed by atoms with E-state index < -0.39 is 34.8 Å². The van der Waals surface area contributed by atoms with Crippen molar-refractivity contribution in [3.63, 3.8) is 0 Å². The first-order valence-corrected chi connectivity index (χ1v) is 13.4. The van der Waals surface area contributed by atoms with Gasteiger partial charge < -0.3 is 14.6 Å². The van der Waals surface area contributed by atoms with Gasteiger partial charge >= 0.3 is 0 Å². The Morgan fingerprint density at radius 2 is 1.82 bits per heavy atom. The fourth-order valence-corrected chi connectivity index (χ4v) is 5.38. The first kappa shape index (κ1) is 27.4. The Morgan fingerprint density at radius 1 is 1.07 bits per heavy atom. The topological polar surface area (TPSA) is 132 Å². The number of rotatable bonds is 9. The van der Waals surface area contributed by atoms with Gasteiger partial charge in [0, 0.05) is 12.1 Å². The molecular weight excluding hydrogens is 586 g/mol. The predicted octanol–water partition coefficient (Wildman–Crippen LogP) is 5.30. The number of benzene rings is 3. The molecule has 2 heterocycles. The van der Waals surface area contributed by atoms with Crippen molar-refractivity contribution in [3.8, 4) is 17.2 Å². The quantitative estimate of drug-likeness (QED) is 0.148. The highest BCUT2D eigenvalue weighted by Crippen LogP contribution is 2.50. The van der Waals surface area contributed by atoms with Gasteiger partial charge in [-0.1, -0.05) is 19.4 Å². The van der Waals surface area contributed by atoms with Gasteiger partial charge in [-0.25, -0.2) is 9.96 Å². The molecule has 3 atom stereocenters. The molecule has 208 valence electrons. The zero-order valence-electron chi connectivity index (χ0n) is 21.7. The molecule has 3 aromatic carbocycles. The summed E-state index contributed by atoms with van der Waals surface area (Å²) in [6.45, 7) is 2.63. The highest BCUT2D eigenvalue weighted by Gasteiger charge is 2.60. The van der Waals surface area contributed by atoms with Crippen molar-refractivity contribution in [3.05, 3.63) is 80.8 Å². The van der Waals surface area contributed by atoms with Gasteiger partial charge in [0.05, 0.1) is 40.5 Å². The largest absolute Gasteiger partial charge is 0.503 e. The van der Waals surface area contributed by atoms with Crippen LogP contribution >= 0.6 is 15.9 Å². The third-order valence-corrected chi connectivity index (χ3v) is 7.49. The lowest BCUT2D eigenvalue weighted by molar-refractivity contribution is -0.384. The van der Waals surface area contributed by atoms with Crippen LogP contribution in [0.25, 0.3) is 0 Å². The SMILES string of the molecule is CCCCOc1ccc(N2C(=O)[C@H]3[C@@H](ON(c4cccc([N+](=O)[O-])c4)[C@H]3c3cc(Br)c(O)c(OC)c3)C2=O)cc1. The van der Waals surface area contributed by atoms with Crippen molar-refractivity contribution in [2.45, 2.75) is 31.9 Å². The molecule has 2 aliphatic heterocycles. The third-order valence-electron chi connectivity index (χ3n) is 6.88. The van der Waals surface area contributed by atoms with Crippen LogP contribution in [0, 0.1) is 16.0 Å². The van der Waals surface area contributed by atoms with E-state index in [-0.39, 0.29) is 22.9 Å². The van der Waals surface area contributed by atoms with Crippen LogP contribution in [0.2, 0.25) is 0 Å². The number of non-ortho nitro benzene ring substituents is 1. The Balaban J connectivity index is 1.54. The number of methoxy groups -OCH3 is 1. The molecule has 1 N–H and O–H groups in total. The predicted molar refractivity (Wildman–Crippen MR) is 148 cm³/mol. The van der Waals surface area contributed by atoms with Gasteiger partial charge in [0.2, 0.25) is 5.91 Å². The molecule has 0 spiro atoms. The van der Waals surface area contributed by atoms with E-state index >= 15 is 0 Å². The van der Waals surface area contributed by atoms with Crippen LogP contribution in [0.1, 0.15) is 31.4 Å². The number of carbonyl (C=O) groups excluding carboxylic acids is 2. The van der Waals surface area contributed by atoms with E-state index in [0.29, 0.717) is 28.1 Å². The zero-order valence-corrected chi connectivity index (χ0v) is 23.2. The van der Waals surface area contributed by atoms with Gasteiger partial charge in [0.25, 0.3) is 11.6 Å². The van der Waals surface area contributed by atoms with E-state index in [0.717, 1.165) is 17.7 Å². The standard InChI is InChI=1S/C28H26BrN3O8/c1-3-4-12-39-20-10-8-17(9-11-20)30-27(34)23-24(16-13-21(29)25(33)22(14-16)38-2)31(40-26(23)28(30)35)18-6-5-7-19(15-18)32(36)37/h5-11,13-15,23-24,26,33H,3-4,12H2,1-2H3/t23-,24+,26-/m1/s1. The summed E-state index contributed by atoms with van der Waals surface area (Å²) in [6, 6.07) is 14.7. The van der Waals surface area contributed by atoms with Gasteiger partial charge in [-0.3, -0.25) is 24.5 Å². The number of carbonyl (C=O) groups is 2. The molecule has 0 aliphatic carbocycles. The molecule has 0 aromatic heterocycles. The minimum Gasteiger partial charge on any atom is -0.503 e. The van der Waals surface area contributed by atoms with Crippen LogP contribution in [0.15, 0.2) is 65.1 Å². The average Bonchev–Trinajstić information content (AvgIpc) is 3.46. The summed E-state index contributed by atoms with van der Waals surface area (Å²) in [6.07, 6.45) is 0.720. The summed E-state index contributed by atoms with van der Waals surface area (Å²) in [7, 11) is 1.39. The molecule has 2 fully saturated rings. The molecule has 0 saturated carbocycles. The molecule has 2 amide bonds.